The summed E-state index contributed by atoms with van der Waals surface area (Å²) in [6, 6.07) is 7.39. The smallest absolute Gasteiger partial charge is 0.260 e. The van der Waals surface area contributed by atoms with Crippen LogP contribution in [0.4, 0.5) is 10.1 Å². The monoisotopic (exact) mass is 383 g/mol. The molecule has 0 spiro atoms. The van der Waals surface area contributed by atoms with Crippen LogP contribution >= 0.6 is 0 Å². The zero-order valence-electron chi connectivity index (χ0n) is 16.0. The lowest BCUT2D eigenvalue weighted by molar-refractivity contribution is -0.117. The van der Waals surface area contributed by atoms with Crippen LogP contribution in [-0.4, -0.2) is 33.1 Å². The van der Waals surface area contributed by atoms with Gasteiger partial charge in [0.05, 0.1) is 17.5 Å². The third-order valence-corrected chi connectivity index (χ3v) is 4.44. The van der Waals surface area contributed by atoms with E-state index >= 15 is 0 Å². The number of fused-ring (bicyclic) bond motifs is 1. The van der Waals surface area contributed by atoms with Crippen molar-refractivity contribution in [3.8, 4) is 0 Å². The molecule has 0 radical (unpaired) electrons. The van der Waals surface area contributed by atoms with Crippen LogP contribution in [0.1, 0.15) is 42.4 Å². The summed E-state index contributed by atoms with van der Waals surface area (Å²) < 4.78 is 15.1. The molecule has 1 aromatic carbocycles. The molecule has 28 heavy (non-hydrogen) atoms. The number of halogens is 1. The Bertz CT molecular complexity index is 1030. The molecule has 0 saturated heterocycles. The van der Waals surface area contributed by atoms with Crippen molar-refractivity contribution in [3.05, 3.63) is 53.6 Å². The van der Waals surface area contributed by atoms with Gasteiger partial charge in [0.25, 0.3) is 5.91 Å². The van der Waals surface area contributed by atoms with Crippen molar-refractivity contribution >= 4 is 28.5 Å². The third-order valence-electron chi connectivity index (χ3n) is 4.44. The zero-order valence-corrected chi connectivity index (χ0v) is 16.0. The molecule has 146 valence electrons. The number of nitrogens with two attached hydrogens (primary N) is 1. The van der Waals surface area contributed by atoms with E-state index in [1.165, 1.54) is 29.2 Å². The number of primary amides is 1. The van der Waals surface area contributed by atoms with Crippen LogP contribution in [0.5, 0.6) is 0 Å². The number of benzene rings is 1. The van der Waals surface area contributed by atoms with Crippen molar-refractivity contribution in [1.82, 2.24) is 14.8 Å². The van der Waals surface area contributed by atoms with Gasteiger partial charge in [0.15, 0.2) is 5.65 Å². The Balaban J connectivity index is 2.03. The van der Waals surface area contributed by atoms with E-state index in [1.807, 2.05) is 13.8 Å². The second kappa shape index (κ2) is 7.75. The van der Waals surface area contributed by atoms with E-state index in [2.05, 4.69) is 10.1 Å². The average Bonchev–Trinajstić information content (AvgIpc) is 3.05. The Kier molecular flexibility index (Phi) is 5.39. The number of carbonyl (C=O) groups excluding carboxylic acids is 2. The van der Waals surface area contributed by atoms with Gasteiger partial charge < -0.3 is 10.6 Å². The normalized spacial score (nSPS) is 11.2. The van der Waals surface area contributed by atoms with Gasteiger partial charge in [-0.15, -0.1) is 0 Å². The molecular weight excluding hydrogens is 361 g/mol. The molecule has 7 nitrogen and oxygen atoms in total. The van der Waals surface area contributed by atoms with Crippen molar-refractivity contribution in [2.45, 2.75) is 33.2 Å². The molecule has 0 fully saturated rings. The van der Waals surface area contributed by atoms with Gasteiger partial charge in [-0.25, -0.2) is 14.1 Å². The molecule has 0 aliphatic carbocycles. The Morgan fingerprint density at radius 1 is 1.25 bits per heavy atom. The second-order valence-corrected chi connectivity index (χ2v) is 6.87. The summed E-state index contributed by atoms with van der Waals surface area (Å²) >= 11 is 0. The van der Waals surface area contributed by atoms with Crippen LogP contribution in [0.15, 0.2) is 36.5 Å². The number of rotatable bonds is 6. The standard InChI is InChI=1S/C20H22FN5O2/c1-12(2)26-19-14(11-23-26)10-17(13(3)24-19)20(28)25(9-8-18(22)27)16-6-4-15(21)5-7-16/h4-7,10-12H,8-9H2,1-3H3,(H2,22,27). The minimum Gasteiger partial charge on any atom is -0.370 e. The Hall–Kier alpha value is -3.29. The molecule has 3 aromatic rings. The number of aryl methyl sites for hydroxylation is 1. The third kappa shape index (κ3) is 3.85. The summed E-state index contributed by atoms with van der Waals surface area (Å²) in [5.74, 6) is -1.27. The first-order valence-electron chi connectivity index (χ1n) is 8.98. The van der Waals surface area contributed by atoms with E-state index in [4.69, 9.17) is 5.73 Å². The number of amides is 2. The summed E-state index contributed by atoms with van der Waals surface area (Å²) in [4.78, 5) is 30.5. The molecule has 3 rings (SSSR count). The van der Waals surface area contributed by atoms with Gasteiger partial charge in [0, 0.05) is 30.1 Å². The SMILES string of the molecule is Cc1nc2c(cnn2C(C)C)cc1C(=O)N(CCC(N)=O)c1ccc(F)cc1. The van der Waals surface area contributed by atoms with E-state index in [-0.39, 0.29) is 24.9 Å². The number of nitrogens with zero attached hydrogens (tertiary/aromatic N) is 4. The Morgan fingerprint density at radius 2 is 1.93 bits per heavy atom. The van der Waals surface area contributed by atoms with Crippen molar-refractivity contribution in [1.29, 1.82) is 0 Å². The summed E-state index contributed by atoms with van der Waals surface area (Å²) in [6.45, 7) is 5.84. The highest BCUT2D eigenvalue weighted by Crippen LogP contribution is 2.23. The molecule has 2 heterocycles. The maximum atomic E-state index is 13.3. The number of pyridine rings is 1. The van der Waals surface area contributed by atoms with Gasteiger partial charge in [-0.05, 0) is 51.1 Å². The van der Waals surface area contributed by atoms with E-state index in [9.17, 15) is 14.0 Å². The predicted molar refractivity (Wildman–Crippen MR) is 105 cm³/mol. The quantitative estimate of drug-likeness (QED) is 0.708. The Morgan fingerprint density at radius 3 is 2.54 bits per heavy atom. The van der Waals surface area contributed by atoms with E-state index < -0.39 is 11.7 Å². The van der Waals surface area contributed by atoms with Gasteiger partial charge in [0.1, 0.15) is 5.82 Å². The first kappa shape index (κ1) is 19.5. The zero-order chi connectivity index (χ0) is 20.4. The highest BCUT2D eigenvalue weighted by Gasteiger charge is 2.22. The molecular formula is C20H22FN5O2. The Labute approximate surface area is 162 Å². The van der Waals surface area contributed by atoms with Crippen molar-refractivity contribution in [3.63, 3.8) is 0 Å². The van der Waals surface area contributed by atoms with Crippen LogP contribution in [0.3, 0.4) is 0 Å². The highest BCUT2D eigenvalue weighted by atomic mass is 19.1. The van der Waals surface area contributed by atoms with E-state index in [0.29, 0.717) is 22.6 Å². The van der Waals surface area contributed by atoms with Crippen LogP contribution < -0.4 is 10.6 Å². The van der Waals surface area contributed by atoms with Gasteiger partial charge in [0.2, 0.25) is 5.91 Å². The first-order chi connectivity index (χ1) is 13.3. The summed E-state index contributed by atoms with van der Waals surface area (Å²) in [5.41, 5.74) is 7.38. The van der Waals surface area contributed by atoms with Crippen LogP contribution in [-0.2, 0) is 4.79 Å². The fourth-order valence-corrected chi connectivity index (χ4v) is 3.00. The van der Waals surface area contributed by atoms with Crippen molar-refractivity contribution in [2.75, 3.05) is 11.4 Å². The largest absolute Gasteiger partial charge is 0.370 e. The number of aromatic nitrogens is 3. The lowest BCUT2D eigenvalue weighted by Gasteiger charge is -2.23. The summed E-state index contributed by atoms with van der Waals surface area (Å²) in [5, 5.41) is 5.08. The number of carbonyl (C=O) groups is 2. The fourth-order valence-electron chi connectivity index (χ4n) is 3.00. The fraction of sp³-hybridized carbons (Fsp3) is 0.300. The van der Waals surface area contributed by atoms with Gasteiger partial charge >= 0.3 is 0 Å². The molecule has 0 bridgehead atoms. The van der Waals surface area contributed by atoms with E-state index in [0.717, 1.165) is 5.39 Å². The lowest BCUT2D eigenvalue weighted by atomic mass is 10.1. The molecule has 0 aliphatic rings. The van der Waals surface area contributed by atoms with Crippen molar-refractivity contribution in [2.24, 2.45) is 5.73 Å². The first-order valence-corrected chi connectivity index (χ1v) is 8.98. The van der Waals surface area contributed by atoms with Crippen molar-refractivity contribution < 1.29 is 14.0 Å². The van der Waals surface area contributed by atoms with E-state index in [1.54, 1.807) is 23.9 Å². The molecule has 0 atom stereocenters. The molecule has 2 aromatic heterocycles. The van der Waals surface area contributed by atoms with Gasteiger partial charge in [-0.3, -0.25) is 9.59 Å². The number of hydrogen-bond acceptors (Lipinski definition) is 4. The van der Waals surface area contributed by atoms with Gasteiger partial charge in [-0.1, -0.05) is 0 Å². The molecule has 2 amide bonds. The minimum absolute atomic E-state index is 0.0108. The summed E-state index contributed by atoms with van der Waals surface area (Å²) in [7, 11) is 0. The number of anilines is 1. The molecule has 2 N–H and O–H groups in total. The molecule has 0 unspecified atom stereocenters. The molecule has 0 saturated carbocycles. The second-order valence-electron chi connectivity index (χ2n) is 6.87. The number of hydrogen-bond donors (Lipinski definition) is 1. The maximum Gasteiger partial charge on any atom is 0.260 e. The molecule has 0 aliphatic heterocycles. The lowest BCUT2D eigenvalue weighted by Crippen LogP contribution is -2.34. The van der Waals surface area contributed by atoms with Crippen LogP contribution in [0.2, 0.25) is 0 Å². The maximum absolute atomic E-state index is 13.3. The van der Waals surface area contributed by atoms with Gasteiger partial charge in [-0.2, -0.15) is 5.10 Å². The van der Waals surface area contributed by atoms with Crippen LogP contribution in [0.25, 0.3) is 11.0 Å². The van der Waals surface area contributed by atoms with Crippen LogP contribution in [0, 0.1) is 12.7 Å². The summed E-state index contributed by atoms with van der Waals surface area (Å²) in [6.07, 6.45) is 1.66. The average molecular weight is 383 g/mol. The topological polar surface area (TPSA) is 94.1 Å². The highest BCUT2D eigenvalue weighted by molar-refractivity contribution is 6.08. The molecule has 8 heteroatoms. The predicted octanol–water partition coefficient (Wildman–Crippen LogP) is 2.98. The minimum atomic E-state index is -0.525.